The molecule has 1 aromatic rings. The first kappa shape index (κ1) is 16.1. The highest BCUT2D eigenvalue weighted by Crippen LogP contribution is 2.40. The van der Waals surface area contributed by atoms with E-state index in [1.165, 1.54) is 30.5 Å². The Morgan fingerprint density at radius 1 is 1.29 bits per heavy atom. The standard InChI is InChI=1S/C15H13F3N4O2/c1-9-13(22(2)12(20-9)7-8-19-22)21(14(24)15(16,17)18)10-3-5-11(23)6-4-10/h3-8H,1-2H3,(H-,19,20,23)/p+1. The minimum Gasteiger partial charge on any atom is -0.508 e. The molecule has 126 valence electrons. The summed E-state index contributed by atoms with van der Waals surface area (Å²) in [6, 6.07) is 4.92. The number of benzene rings is 1. The molecular weight excluding hydrogens is 325 g/mol. The zero-order chi connectivity index (χ0) is 17.7. The number of anilines is 1. The second-order valence-electron chi connectivity index (χ2n) is 5.50. The topological polar surface area (TPSA) is 64.9 Å². The smallest absolute Gasteiger partial charge is 0.472 e. The first-order chi connectivity index (χ1) is 11.1. The van der Waals surface area contributed by atoms with E-state index in [-0.39, 0.29) is 21.8 Å². The quantitative estimate of drug-likeness (QED) is 0.813. The van der Waals surface area contributed by atoms with Crippen LogP contribution in [0.15, 0.2) is 52.8 Å². The zero-order valence-corrected chi connectivity index (χ0v) is 12.8. The Morgan fingerprint density at radius 2 is 1.92 bits per heavy atom. The Hall–Kier alpha value is -2.81. The normalized spacial score (nSPS) is 22.3. The van der Waals surface area contributed by atoms with Crippen LogP contribution < -0.4 is 10.2 Å². The van der Waals surface area contributed by atoms with Crippen LogP contribution in [-0.2, 0) is 4.79 Å². The van der Waals surface area contributed by atoms with Gasteiger partial charge in [0.05, 0.1) is 11.9 Å². The Morgan fingerprint density at radius 3 is 2.50 bits per heavy atom. The Balaban J connectivity index is 2.17. The van der Waals surface area contributed by atoms with Crippen molar-refractivity contribution in [3.05, 3.63) is 47.7 Å². The molecule has 1 atom stereocenters. The van der Waals surface area contributed by atoms with Gasteiger partial charge in [-0.15, -0.1) is 4.59 Å². The monoisotopic (exact) mass is 339 g/mol. The average Bonchev–Trinajstić information content (AvgIpc) is 2.95. The highest BCUT2D eigenvalue weighted by molar-refractivity contribution is 6.00. The highest BCUT2D eigenvalue weighted by atomic mass is 19.4. The van der Waals surface area contributed by atoms with E-state index in [4.69, 9.17) is 0 Å². The third-order valence-electron chi connectivity index (χ3n) is 3.83. The molecule has 1 amide bonds. The number of halogens is 3. The first-order valence-electron chi connectivity index (χ1n) is 6.96. The number of rotatable bonds is 2. The molecule has 0 bridgehead atoms. The molecule has 2 N–H and O–H groups in total. The van der Waals surface area contributed by atoms with E-state index in [0.29, 0.717) is 16.4 Å². The molecule has 0 aromatic heterocycles. The number of allylic oxidation sites excluding steroid dienone is 2. The molecule has 1 unspecified atom stereocenters. The number of carbonyl (C=O) groups is 1. The number of hydrogen-bond donors (Lipinski definition) is 2. The van der Waals surface area contributed by atoms with Crippen LogP contribution in [0.5, 0.6) is 5.75 Å². The van der Waals surface area contributed by atoms with Crippen molar-refractivity contribution < 1.29 is 27.7 Å². The van der Waals surface area contributed by atoms with Crippen LogP contribution in [0.4, 0.5) is 18.9 Å². The van der Waals surface area contributed by atoms with Crippen molar-refractivity contribution in [3.8, 4) is 5.75 Å². The lowest BCUT2D eigenvalue weighted by molar-refractivity contribution is -0.836. The van der Waals surface area contributed by atoms with E-state index < -0.39 is 12.1 Å². The van der Waals surface area contributed by atoms with Crippen LogP contribution in [-0.4, -0.2) is 35.0 Å². The summed E-state index contributed by atoms with van der Waals surface area (Å²) in [5.41, 5.74) is 0.361. The third kappa shape index (κ3) is 2.33. The molecule has 0 spiro atoms. The molecule has 0 saturated carbocycles. The Kier molecular flexibility index (Phi) is 3.41. The van der Waals surface area contributed by atoms with Crippen molar-refractivity contribution in [1.82, 2.24) is 5.32 Å². The third-order valence-corrected chi connectivity index (χ3v) is 3.83. The van der Waals surface area contributed by atoms with Crippen molar-refractivity contribution in [1.29, 1.82) is 0 Å². The summed E-state index contributed by atoms with van der Waals surface area (Å²) in [5.74, 6) is -1.56. The summed E-state index contributed by atoms with van der Waals surface area (Å²) >= 11 is 0. The van der Waals surface area contributed by atoms with Crippen LogP contribution in [0, 0.1) is 0 Å². The van der Waals surface area contributed by atoms with Crippen molar-refractivity contribution >= 4 is 17.8 Å². The second-order valence-corrected chi connectivity index (χ2v) is 5.50. The summed E-state index contributed by atoms with van der Waals surface area (Å²) in [5, 5.41) is 16.5. The maximum Gasteiger partial charge on any atom is 0.472 e. The fourth-order valence-corrected chi connectivity index (χ4v) is 2.77. The van der Waals surface area contributed by atoms with E-state index in [1.807, 2.05) is 0 Å². The molecule has 24 heavy (non-hydrogen) atoms. The molecule has 9 heteroatoms. The zero-order valence-electron chi connectivity index (χ0n) is 12.8. The molecule has 2 heterocycles. The molecule has 2 aliphatic rings. The van der Waals surface area contributed by atoms with Crippen LogP contribution in [0.25, 0.3) is 0 Å². The fourth-order valence-electron chi connectivity index (χ4n) is 2.77. The minimum atomic E-state index is -5.07. The summed E-state index contributed by atoms with van der Waals surface area (Å²) in [6.45, 7) is 1.57. The van der Waals surface area contributed by atoms with Crippen molar-refractivity contribution in [2.45, 2.75) is 13.1 Å². The van der Waals surface area contributed by atoms with Gasteiger partial charge in [0.2, 0.25) is 5.82 Å². The van der Waals surface area contributed by atoms with Gasteiger partial charge < -0.3 is 10.4 Å². The minimum absolute atomic E-state index is 0.0195. The second kappa shape index (κ2) is 5.10. The number of carbonyl (C=O) groups excluding carboxylic acids is 1. The molecule has 2 aliphatic heterocycles. The van der Waals surface area contributed by atoms with E-state index in [9.17, 15) is 23.1 Å². The van der Waals surface area contributed by atoms with Gasteiger partial charge in [-0.05, 0) is 31.2 Å². The van der Waals surface area contributed by atoms with E-state index in [0.717, 1.165) is 0 Å². The number of nitrogens with one attached hydrogen (secondary N) is 1. The van der Waals surface area contributed by atoms with Crippen LogP contribution >= 0.6 is 0 Å². The SMILES string of the molecule is CC1=C(N(C(=O)C(F)(F)F)c2ccc(O)cc2)[N+]2(C)N=CC=C2N1. The van der Waals surface area contributed by atoms with Gasteiger partial charge in [-0.1, -0.05) is 5.10 Å². The van der Waals surface area contributed by atoms with Gasteiger partial charge >= 0.3 is 12.1 Å². The number of phenols is 1. The molecule has 1 aromatic carbocycles. The van der Waals surface area contributed by atoms with E-state index in [1.54, 1.807) is 20.0 Å². The number of alkyl halides is 3. The van der Waals surface area contributed by atoms with Crippen molar-refractivity contribution in [2.75, 3.05) is 11.9 Å². The van der Waals surface area contributed by atoms with Crippen LogP contribution in [0.2, 0.25) is 0 Å². The van der Waals surface area contributed by atoms with Gasteiger partial charge in [0.15, 0.2) is 0 Å². The maximum absolute atomic E-state index is 13.2. The highest BCUT2D eigenvalue weighted by Gasteiger charge is 2.54. The van der Waals surface area contributed by atoms with E-state index in [2.05, 4.69) is 10.4 Å². The van der Waals surface area contributed by atoms with Gasteiger partial charge in [-0.3, -0.25) is 4.79 Å². The number of nitrogens with zero attached hydrogens (tertiary/aromatic N) is 3. The van der Waals surface area contributed by atoms with Gasteiger partial charge in [0.25, 0.3) is 5.82 Å². The molecule has 0 aliphatic carbocycles. The van der Waals surface area contributed by atoms with Crippen LogP contribution in [0.3, 0.4) is 0 Å². The van der Waals surface area contributed by atoms with Gasteiger partial charge in [-0.25, -0.2) is 4.90 Å². The predicted octanol–water partition coefficient (Wildman–Crippen LogP) is 2.37. The molecule has 3 rings (SSSR count). The van der Waals surface area contributed by atoms with Gasteiger partial charge in [-0.2, -0.15) is 13.2 Å². The number of fused-ring (bicyclic) bond motifs is 1. The van der Waals surface area contributed by atoms with Crippen molar-refractivity contribution in [3.63, 3.8) is 0 Å². The predicted molar refractivity (Wildman–Crippen MR) is 80.2 cm³/mol. The molecule has 0 radical (unpaired) electrons. The molecule has 0 fully saturated rings. The average molecular weight is 339 g/mol. The number of quaternary nitrogens is 1. The maximum atomic E-state index is 13.2. The van der Waals surface area contributed by atoms with Crippen molar-refractivity contribution in [2.24, 2.45) is 5.10 Å². The number of phenolic OH excluding ortho intramolecular Hbond substituents is 1. The number of amides is 1. The fraction of sp³-hybridized carbons (Fsp3) is 0.200. The molecule has 0 saturated heterocycles. The molecular formula is C15H14F3N4O2+. The van der Waals surface area contributed by atoms with Gasteiger partial charge in [0.1, 0.15) is 18.5 Å². The summed E-state index contributed by atoms with van der Waals surface area (Å²) < 4.78 is 39.2. The van der Waals surface area contributed by atoms with Gasteiger partial charge in [0, 0.05) is 6.08 Å². The lowest BCUT2D eigenvalue weighted by atomic mass is 10.2. The Labute approximate surface area is 135 Å². The lowest BCUT2D eigenvalue weighted by Crippen LogP contribution is -2.48. The summed E-state index contributed by atoms with van der Waals surface area (Å²) in [4.78, 5) is 12.7. The first-order valence-corrected chi connectivity index (χ1v) is 6.96. The lowest BCUT2D eigenvalue weighted by Gasteiger charge is -2.30. The number of hydrogen-bond acceptors (Lipinski definition) is 4. The Bertz CT molecular complexity index is 796. The van der Waals surface area contributed by atoms with E-state index >= 15 is 0 Å². The summed E-state index contributed by atoms with van der Waals surface area (Å²) in [6.07, 6.45) is -1.98. The molecule has 6 nitrogen and oxygen atoms in total. The number of aromatic hydroxyl groups is 1. The largest absolute Gasteiger partial charge is 0.508 e. The van der Waals surface area contributed by atoms with Crippen LogP contribution in [0.1, 0.15) is 6.92 Å². The summed E-state index contributed by atoms with van der Waals surface area (Å²) in [7, 11) is 1.57.